The van der Waals surface area contributed by atoms with E-state index in [-0.39, 0.29) is 11.9 Å². The molecule has 3 heterocycles. The highest BCUT2D eigenvalue weighted by molar-refractivity contribution is 7.17. The number of fused-ring (bicyclic) bond motifs is 1. The molecule has 1 aromatic carbocycles. The SMILES string of the molecule is CCOC(=O)C1CCCN(c2ncnc3scc(-c4ccc(OC)cc4)c23)C1. The van der Waals surface area contributed by atoms with Crippen molar-refractivity contribution in [3.8, 4) is 16.9 Å². The number of piperidine rings is 1. The van der Waals surface area contributed by atoms with Crippen molar-refractivity contribution in [3.63, 3.8) is 0 Å². The number of thiophene rings is 1. The highest BCUT2D eigenvalue weighted by atomic mass is 32.1. The van der Waals surface area contributed by atoms with Gasteiger partial charge in [0.05, 0.1) is 25.0 Å². The largest absolute Gasteiger partial charge is 0.497 e. The van der Waals surface area contributed by atoms with Crippen LogP contribution in [0.5, 0.6) is 5.75 Å². The van der Waals surface area contributed by atoms with Gasteiger partial charge in [-0.05, 0) is 37.5 Å². The van der Waals surface area contributed by atoms with Crippen LogP contribution in [0.1, 0.15) is 19.8 Å². The number of aromatic nitrogens is 2. The molecule has 1 saturated heterocycles. The lowest BCUT2D eigenvalue weighted by atomic mass is 9.97. The van der Waals surface area contributed by atoms with Crippen LogP contribution in [-0.4, -0.2) is 42.7 Å². The number of carbonyl (C=O) groups excluding carboxylic acids is 1. The number of anilines is 1. The Morgan fingerprint density at radius 1 is 1.29 bits per heavy atom. The lowest BCUT2D eigenvalue weighted by molar-refractivity contribution is -0.148. The number of carbonyl (C=O) groups is 1. The maximum Gasteiger partial charge on any atom is 0.310 e. The maximum absolute atomic E-state index is 12.2. The molecule has 0 aliphatic carbocycles. The molecule has 0 amide bonds. The molecule has 1 aliphatic heterocycles. The number of esters is 1. The fourth-order valence-electron chi connectivity index (χ4n) is 3.70. The molecular formula is C21H23N3O3S. The van der Waals surface area contributed by atoms with Gasteiger partial charge in [-0.2, -0.15) is 0 Å². The molecular weight excluding hydrogens is 374 g/mol. The molecule has 1 unspecified atom stereocenters. The van der Waals surface area contributed by atoms with Gasteiger partial charge in [-0.1, -0.05) is 12.1 Å². The van der Waals surface area contributed by atoms with Gasteiger partial charge in [0, 0.05) is 24.0 Å². The number of hydrogen-bond donors (Lipinski definition) is 0. The Bertz CT molecular complexity index is 971. The topological polar surface area (TPSA) is 64.5 Å². The molecule has 0 saturated carbocycles. The number of benzene rings is 1. The summed E-state index contributed by atoms with van der Waals surface area (Å²) in [6, 6.07) is 8.02. The average molecular weight is 398 g/mol. The fraction of sp³-hybridized carbons (Fsp3) is 0.381. The highest BCUT2D eigenvalue weighted by Crippen LogP contribution is 2.39. The summed E-state index contributed by atoms with van der Waals surface area (Å²) in [5.74, 6) is 1.50. The molecule has 1 fully saturated rings. The standard InChI is InChI=1S/C21H23N3O3S/c1-3-27-21(25)15-5-4-10-24(11-15)19-18-17(12-28-20(18)23-13-22-19)14-6-8-16(26-2)9-7-14/h6-9,12-13,15H,3-5,10-11H2,1-2H3. The van der Waals surface area contributed by atoms with Crippen LogP contribution in [0.3, 0.4) is 0 Å². The van der Waals surface area contributed by atoms with Gasteiger partial charge in [-0.3, -0.25) is 4.79 Å². The minimum absolute atomic E-state index is 0.109. The smallest absolute Gasteiger partial charge is 0.310 e. The van der Waals surface area contributed by atoms with E-state index in [4.69, 9.17) is 9.47 Å². The van der Waals surface area contributed by atoms with Crippen LogP contribution in [0.4, 0.5) is 5.82 Å². The van der Waals surface area contributed by atoms with Crippen LogP contribution in [0.25, 0.3) is 21.3 Å². The van der Waals surface area contributed by atoms with Gasteiger partial charge in [0.2, 0.25) is 0 Å². The molecule has 0 N–H and O–H groups in total. The Balaban J connectivity index is 1.71. The van der Waals surface area contributed by atoms with Crippen molar-refractivity contribution in [2.75, 3.05) is 31.7 Å². The first kappa shape index (κ1) is 18.7. The average Bonchev–Trinajstić information content (AvgIpc) is 3.18. The Morgan fingerprint density at radius 3 is 2.86 bits per heavy atom. The Kier molecular flexibility index (Phi) is 5.43. The Hall–Kier alpha value is -2.67. The van der Waals surface area contributed by atoms with Crippen LogP contribution in [0.2, 0.25) is 0 Å². The number of ether oxygens (including phenoxy) is 2. The molecule has 3 aromatic rings. The van der Waals surface area contributed by atoms with Crippen LogP contribution in [-0.2, 0) is 9.53 Å². The third-order valence-electron chi connectivity index (χ3n) is 5.09. The van der Waals surface area contributed by atoms with Gasteiger partial charge in [0.15, 0.2) is 0 Å². The van der Waals surface area contributed by atoms with E-state index in [9.17, 15) is 4.79 Å². The van der Waals surface area contributed by atoms with E-state index in [1.807, 2.05) is 19.1 Å². The molecule has 1 atom stereocenters. The predicted molar refractivity (Wildman–Crippen MR) is 111 cm³/mol. The molecule has 0 bridgehead atoms. The quantitative estimate of drug-likeness (QED) is 0.603. The fourth-order valence-corrected chi connectivity index (χ4v) is 4.61. The molecule has 7 heteroatoms. The summed E-state index contributed by atoms with van der Waals surface area (Å²) in [6.45, 7) is 3.76. The monoisotopic (exact) mass is 397 g/mol. The molecule has 4 rings (SSSR count). The molecule has 0 spiro atoms. The summed E-state index contributed by atoms with van der Waals surface area (Å²) in [7, 11) is 1.66. The zero-order valence-electron chi connectivity index (χ0n) is 16.1. The third kappa shape index (κ3) is 3.54. The number of methoxy groups -OCH3 is 1. The zero-order valence-corrected chi connectivity index (χ0v) is 16.9. The van der Waals surface area contributed by atoms with Gasteiger partial charge in [-0.15, -0.1) is 11.3 Å². The van der Waals surface area contributed by atoms with Crippen molar-refractivity contribution < 1.29 is 14.3 Å². The molecule has 0 radical (unpaired) electrons. The van der Waals surface area contributed by atoms with Crippen LogP contribution < -0.4 is 9.64 Å². The zero-order chi connectivity index (χ0) is 19.5. The van der Waals surface area contributed by atoms with Gasteiger partial charge < -0.3 is 14.4 Å². The molecule has 6 nitrogen and oxygen atoms in total. The van der Waals surface area contributed by atoms with E-state index < -0.39 is 0 Å². The summed E-state index contributed by atoms with van der Waals surface area (Å²) in [6.07, 6.45) is 3.41. The van der Waals surface area contributed by atoms with Crippen molar-refractivity contribution in [1.29, 1.82) is 0 Å². The molecule has 28 heavy (non-hydrogen) atoms. The van der Waals surface area contributed by atoms with E-state index >= 15 is 0 Å². The van der Waals surface area contributed by atoms with Crippen molar-refractivity contribution in [2.45, 2.75) is 19.8 Å². The summed E-state index contributed by atoms with van der Waals surface area (Å²) in [4.78, 5) is 24.5. The van der Waals surface area contributed by atoms with Gasteiger partial charge in [-0.25, -0.2) is 9.97 Å². The number of nitrogens with zero attached hydrogens (tertiary/aromatic N) is 3. The minimum Gasteiger partial charge on any atom is -0.497 e. The predicted octanol–water partition coefficient (Wildman–Crippen LogP) is 4.15. The van der Waals surface area contributed by atoms with Crippen LogP contribution in [0.15, 0.2) is 36.0 Å². The highest BCUT2D eigenvalue weighted by Gasteiger charge is 2.29. The summed E-state index contributed by atoms with van der Waals surface area (Å²) < 4.78 is 10.5. The summed E-state index contributed by atoms with van der Waals surface area (Å²) in [5, 5.41) is 3.17. The normalized spacial score (nSPS) is 16.9. The molecule has 2 aromatic heterocycles. The lowest BCUT2D eigenvalue weighted by Crippen LogP contribution is -2.40. The van der Waals surface area contributed by atoms with E-state index in [2.05, 4.69) is 32.4 Å². The maximum atomic E-state index is 12.2. The van der Waals surface area contributed by atoms with Crippen molar-refractivity contribution in [3.05, 3.63) is 36.0 Å². The van der Waals surface area contributed by atoms with Gasteiger partial charge in [0.1, 0.15) is 22.7 Å². The first-order chi connectivity index (χ1) is 13.7. The molecule has 146 valence electrons. The third-order valence-corrected chi connectivity index (χ3v) is 5.98. The van der Waals surface area contributed by atoms with Crippen molar-refractivity contribution in [2.24, 2.45) is 5.92 Å². The Labute approximate surface area is 168 Å². The number of rotatable bonds is 5. The van der Waals surface area contributed by atoms with Crippen LogP contribution in [0, 0.1) is 5.92 Å². The van der Waals surface area contributed by atoms with Gasteiger partial charge >= 0.3 is 5.97 Å². The number of hydrogen-bond acceptors (Lipinski definition) is 7. The second-order valence-corrected chi connectivity index (χ2v) is 7.65. The minimum atomic E-state index is -0.113. The second kappa shape index (κ2) is 8.14. The van der Waals surface area contributed by atoms with Gasteiger partial charge in [0.25, 0.3) is 0 Å². The van der Waals surface area contributed by atoms with E-state index in [0.717, 1.165) is 52.3 Å². The van der Waals surface area contributed by atoms with E-state index in [1.165, 1.54) is 0 Å². The van der Waals surface area contributed by atoms with Crippen LogP contribution >= 0.6 is 11.3 Å². The first-order valence-electron chi connectivity index (χ1n) is 9.49. The first-order valence-corrected chi connectivity index (χ1v) is 10.4. The second-order valence-electron chi connectivity index (χ2n) is 6.79. The molecule has 1 aliphatic rings. The Morgan fingerprint density at radius 2 is 2.11 bits per heavy atom. The van der Waals surface area contributed by atoms with Crippen molar-refractivity contribution >= 4 is 33.3 Å². The van der Waals surface area contributed by atoms with E-state index in [0.29, 0.717) is 13.2 Å². The van der Waals surface area contributed by atoms with E-state index in [1.54, 1.807) is 24.8 Å². The summed E-state index contributed by atoms with van der Waals surface area (Å²) in [5.41, 5.74) is 2.21. The van der Waals surface area contributed by atoms with Crippen molar-refractivity contribution in [1.82, 2.24) is 9.97 Å². The lowest BCUT2D eigenvalue weighted by Gasteiger charge is -2.32. The summed E-state index contributed by atoms with van der Waals surface area (Å²) >= 11 is 1.61.